The fourth-order valence-corrected chi connectivity index (χ4v) is 3.63. The van der Waals surface area contributed by atoms with Crippen LogP contribution in [0.2, 0.25) is 0 Å². The number of aromatic nitrogens is 3. The number of benzene rings is 1. The molecule has 0 saturated carbocycles. The number of fused-ring (bicyclic) bond motifs is 1. The Labute approximate surface area is 173 Å². The standard InChI is InChI=1S/C19H17BrF3N5O/c20-15-10-24-17-9-16(25-28(17)12-15)18(29)27-6-4-26(5-7-27)11-13-2-1-3-14(8-13)19(21,22)23/h1-3,8-10,12H,4-7,11H2. The van der Waals surface area contributed by atoms with Crippen molar-refractivity contribution in [3.8, 4) is 0 Å². The Bertz CT molecular complexity index is 1040. The lowest BCUT2D eigenvalue weighted by molar-refractivity contribution is -0.137. The van der Waals surface area contributed by atoms with E-state index in [1.54, 1.807) is 33.9 Å². The van der Waals surface area contributed by atoms with Gasteiger partial charge in [0.15, 0.2) is 11.3 Å². The Hall–Kier alpha value is -2.46. The van der Waals surface area contributed by atoms with Gasteiger partial charge in [0.1, 0.15) is 0 Å². The SMILES string of the molecule is O=C(c1cc2ncc(Br)cn2n1)N1CCN(Cc2cccc(C(F)(F)F)c2)CC1. The van der Waals surface area contributed by atoms with E-state index in [2.05, 4.69) is 26.0 Å². The van der Waals surface area contributed by atoms with Gasteiger partial charge in [-0.15, -0.1) is 0 Å². The minimum absolute atomic E-state index is 0.176. The quantitative estimate of drug-likeness (QED) is 0.591. The summed E-state index contributed by atoms with van der Waals surface area (Å²) in [5.41, 5.74) is 0.870. The van der Waals surface area contributed by atoms with Crippen LogP contribution in [0, 0.1) is 0 Å². The van der Waals surface area contributed by atoms with E-state index in [1.807, 2.05) is 4.90 Å². The van der Waals surface area contributed by atoms with Gasteiger partial charge >= 0.3 is 6.18 Å². The molecule has 0 N–H and O–H groups in total. The molecule has 0 radical (unpaired) electrons. The highest BCUT2D eigenvalue weighted by Gasteiger charge is 2.30. The normalized spacial score (nSPS) is 15.8. The summed E-state index contributed by atoms with van der Waals surface area (Å²) < 4.78 is 40.9. The average Bonchev–Trinajstić information content (AvgIpc) is 3.11. The predicted molar refractivity (Wildman–Crippen MR) is 103 cm³/mol. The number of piperazine rings is 1. The molecule has 152 valence electrons. The summed E-state index contributed by atoms with van der Waals surface area (Å²) in [5.74, 6) is -0.176. The number of rotatable bonds is 3. The van der Waals surface area contributed by atoms with Crippen LogP contribution in [-0.4, -0.2) is 56.5 Å². The van der Waals surface area contributed by atoms with Crippen molar-refractivity contribution in [2.24, 2.45) is 0 Å². The van der Waals surface area contributed by atoms with Gasteiger partial charge in [0.2, 0.25) is 0 Å². The van der Waals surface area contributed by atoms with E-state index in [0.29, 0.717) is 49.6 Å². The summed E-state index contributed by atoms with van der Waals surface area (Å²) in [5, 5.41) is 4.28. The molecule has 3 heterocycles. The molecule has 0 spiro atoms. The average molecular weight is 468 g/mol. The molecule has 0 atom stereocenters. The van der Waals surface area contributed by atoms with Crippen LogP contribution < -0.4 is 0 Å². The van der Waals surface area contributed by atoms with Crippen LogP contribution in [0.3, 0.4) is 0 Å². The first kappa shape index (κ1) is 19.8. The van der Waals surface area contributed by atoms with Crippen molar-refractivity contribution in [3.63, 3.8) is 0 Å². The second kappa shape index (κ2) is 7.75. The molecule has 3 aromatic rings. The van der Waals surface area contributed by atoms with Crippen LogP contribution in [0.25, 0.3) is 5.65 Å². The van der Waals surface area contributed by atoms with Gasteiger partial charge in [0.25, 0.3) is 5.91 Å². The summed E-state index contributed by atoms with van der Waals surface area (Å²) in [6, 6.07) is 7.01. The van der Waals surface area contributed by atoms with E-state index >= 15 is 0 Å². The van der Waals surface area contributed by atoms with Gasteiger partial charge in [-0.25, -0.2) is 9.50 Å². The van der Waals surface area contributed by atoms with Crippen LogP contribution in [0.1, 0.15) is 21.6 Å². The van der Waals surface area contributed by atoms with Crippen LogP contribution in [0.5, 0.6) is 0 Å². The molecule has 6 nitrogen and oxygen atoms in total. The molecule has 1 fully saturated rings. The van der Waals surface area contributed by atoms with Gasteiger partial charge in [-0.2, -0.15) is 18.3 Å². The Kier molecular flexibility index (Phi) is 5.30. The summed E-state index contributed by atoms with van der Waals surface area (Å²) in [4.78, 5) is 20.7. The Morgan fingerprint density at radius 2 is 1.90 bits per heavy atom. The van der Waals surface area contributed by atoms with Crippen molar-refractivity contribution in [3.05, 3.63) is 64.0 Å². The number of halogens is 4. The molecular formula is C19H17BrF3N5O. The number of alkyl halides is 3. The maximum absolute atomic E-state index is 12.9. The van der Waals surface area contributed by atoms with Crippen LogP contribution in [0.15, 0.2) is 47.2 Å². The third-order valence-corrected chi connectivity index (χ3v) is 5.23. The number of amides is 1. The Morgan fingerprint density at radius 3 is 2.62 bits per heavy atom. The maximum atomic E-state index is 12.9. The zero-order valence-corrected chi connectivity index (χ0v) is 16.8. The zero-order chi connectivity index (χ0) is 20.6. The molecule has 4 rings (SSSR count). The number of hydrogen-bond acceptors (Lipinski definition) is 4. The highest BCUT2D eigenvalue weighted by atomic mass is 79.9. The van der Waals surface area contributed by atoms with Gasteiger partial charge in [0.05, 0.1) is 10.0 Å². The number of nitrogens with zero attached hydrogens (tertiary/aromatic N) is 5. The van der Waals surface area contributed by atoms with Crippen LogP contribution >= 0.6 is 15.9 Å². The van der Waals surface area contributed by atoms with E-state index in [0.717, 1.165) is 10.5 Å². The third kappa shape index (κ3) is 4.43. The van der Waals surface area contributed by atoms with Crippen molar-refractivity contribution in [2.75, 3.05) is 26.2 Å². The molecule has 1 aliphatic heterocycles. The summed E-state index contributed by atoms with van der Waals surface area (Å²) in [6.07, 6.45) is -0.983. The number of carbonyl (C=O) groups is 1. The van der Waals surface area contributed by atoms with E-state index < -0.39 is 11.7 Å². The lowest BCUT2D eigenvalue weighted by Gasteiger charge is -2.34. The maximum Gasteiger partial charge on any atom is 0.416 e. The highest BCUT2D eigenvalue weighted by molar-refractivity contribution is 9.10. The molecule has 0 aliphatic carbocycles. The van der Waals surface area contributed by atoms with Crippen molar-refractivity contribution < 1.29 is 18.0 Å². The molecule has 0 unspecified atom stereocenters. The zero-order valence-electron chi connectivity index (χ0n) is 15.2. The molecule has 29 heavy (non-hydrogen) atoms. The molecule has 2 aromatic heterocycles. The second-order valence-corrected chi connectivity index (χ2v) is 7.79. The minimum Gasteiger partial charge on any atom is -0.335 e. The minimum atomic E-state index is -4.35. The van der Waals surface area contributed by atoms with Gasteiger partial charge in [-0.3, -0.25) is 9.69 Å². The molecule has 1 aromatic carbocycles. The molecule has 1 amide bonds. The molecule has 0 bridgehead atoms. The summed E-state index contributed by atoms with van der Waals surface area (Å²) >= 11 is 3.32. The first-order valence-electron chi connectivity index (χ1n) is 8.98. The highest BCUT2D eigenvalue weighted by Crippen LogP contribution is 2.29. The van der Waals surface area contributed by atoms with E-state index in [1.165, 1.54) is 12.1 Å². The lowest BCUT2D eigenvalue weighted by Crippen LogP contribution is -2.48. The number of carbonyl (C=O) groups excluding carboxylic acids is 1. The molecule has 1 saturated heterocycles. The van der Waals surface area contributed by atoms with Crippen molar-refractivity contribution in [1.29, 1.82) is 0 Å². The molecule has 1 aliphatic rings. The first-order valence-corrected chi connectivity index (χ1v) is 9.77. The summed E-state index contributed by atoms with van der Waals surface area (Å²) in [6.45, 7) is 2.56. The monoisotopic (exact) mass is 467 g/mol. The predicted octanol–water partition coefficient (Wildman–Crippen LogP) is 3.47. The third-order valence-electron chi connectivity index (χ3n) is 4.82. The molecule has 10 heteroatoms. The molecular weight excluding hydrogens is 451 g/mol. The lowest BCUT2D eigenvalue weighted by atomic mass is 10.1. The fraction of sp³-hybridized carbons (Fsp3) is 0.316. The van der Waals surface area contributed by atoms with Crippen molar-refractivity contribution in [2.45, 2.75) is 12.7 Å². The van der Waals surface area contributed by atoms with Gasteiger partial charge in [-0.1, -0.05) is 18.2 Å². The fourth-order valence-electron chi connectivity index (χ4n) is 3.33. The number of hydrogen-bond donors (Lipinski definition) is 0. The Balaban J connectivity index is 1.38. The van der Waals surface area contributed by atoms with E-state index in [4.69, 9.17) is 0 Å². The second-order valence-electron chi connectivity index (χ2n) is 6.87. The van der Waals surface area contributed by atoms with Crippen molar-refractivity contribution >= 4 is 27.5 Å². The Morgan fingerprint density at radius 1 is 1.14 bits per heavy atom. The topological polar surface area (TPSA) is 53.7 Å². The van der Waals surface area contributed by atoms with Crippen LogP contribution in [-0.2, 0) is 12.7 Å². The van der Waals surface area contributed by atoms with E-state index in [-0.39, 0.29) is 5.91 Å². The van der Waals surface area contributed by atoms with E-state index in [9.17, 15) is 18.0 Å². The summed E-state index contributed by atoms with van der Waals surface area (Å²) in [7, 11) is 0. The van der Waals surface area contributed by atoms with Gasteiger partial charge < -0.3 is 4.90 Å². The van der Waals surface area contributed by atoms with Crippen LogP contribution in [0.4, 0.5) is 13.2 Å². The van der Waals surface area contributed by atoms with Gasteiger partial charge in [-0.05, 0) is 27.6 Å². The van der Waals surface area contributed by atoms with Crippen molar-refractivity contribution in [1.82, 2.24) is 24.4 Å². The van der Waals surface area contributed by atoms with Gasteiger partial charge in [0, 0.05) is 51.2 Å². The smallest absolute Gasteiger partial charge is 0.335 e. The first-order chi connectivity index (χ1) is 13.8. The largest absolute Gasteiger partial charge is 0.416 e.